The summed E-state index contributed by atoms with van der Waals surface area (Å²) < 4.78 is 19.7. The van der Waals surface area contributed by atoms with Gasteiger partial charge in [0.05, 0.1) is 6.26 Å². The van der Waals surface area contributed by atoms with E-state index in [4.69, 9.17) is 13.3 Å². The quantitative estimate of drug-likeness (QED) is 0.183. The van der Waals surface area contributed by atoms with Crippen molar-refractivity contribution < 1.29 is 13.3 Å². The molecule has 0 spiro atoms. The van der Waals surface area contributed by atoms with Gasteiger partial charge in [-0.3, -0.25) is 0 Å². The summed E-state index contributed by atoms with van der Waals surface area (Å²) in [6.45, 7) is 0. The Labute approximate surface area is 280 Å². The standard InChI is InChI=1S/C46H26O3/c1-2-12-27(13-3-1)39-26-47-45-36(39)25-24-35-34-20-11-22-38(44(34)49-46(35)45)42-31-17-6-4-15-29(31)41(30-16-5-7-18-32(30)42)37-21-10-19-33-28-14-8-9-23-40(28)48-43(33)37/h1-26H. The lowest BCUT2D eigenvalue weighted by molar-refractivity contribution is 0.601. The highest BCUT2D eigenvalue weighted by molar-refractivity contribution is 6.27. The molecule has 0 fully saturated rings. The monoisotopic (exact) mass is 626 g/mol. The van der Waals surface area contributed by atoms with Crippen LogP contribution in [0.3, 0.4) is 0 Å². The topological polar surface area (TPSA) is 39.4 Å². The molecule has 0 aliphatic heterocycles. The van der Waals surface area contributed by atoms with Crippen LogP contribution in [-0.2, 0) is 0 Å². The lowest BCUT2D eigenvalue weighted by Gasteiger charge is -2.18. The minimum absolute atomic E-state index is 0.766. The highest BCUT2D eigenvalue weighted by Crippen LogP contribution is 2.49. The zero-order valence-electron chi connectivity index (χ0n) is 26.2. The molecule has 0 N–H and O–H groups in total. The van der Waals surface area contributed by atoms with Crippen molar-refractivity contribution in [2.24, 2.45) is 0 Å². The van der Waals surface area contributed by atoms with E-state index in [1.807, 2.05) is 24.5 Å². The molecule has 3 heterocycles. The molecule has 3 aromatic heterocycles. The van der Waals surface area contributed by atoms with Gasteiger partial charge >= 0.3 is 0 Å². The number of fused-ring (bicyclic) bond motifs is 10. The van der Waals surface area contributed by atoms with Gasteiger partial charge < -0.3 is 13.3 Å². The van der Waals surface area contributed by atoms with Gasteiger partial charge in [-0.05, 0) is 45.3 Å². The van der Waals surface area contributed by atoms with Gasteiger partial charge in [0, 0.05) is 54.7 Å². The smallest absolute Gasteiger partial charge is 0.178 e. The van der Waals surface area contributed by atoms with E-state index >= 15 is 0 Å². The number of hydrogen-bond acceptors (Lipinski definition) is 3. The van der Waals surface area contributed by atoms with Crippen molar-refractivity contribution in [3.63, 3.8) is 0 Å². The molecule has 0 radical (unpaired) electrons. The van der Waals surface area contributed by atoms with E-state index in [1.165, 1.54) is 5.56 Å². The predicted octanol–water partition coefficient (Wildman–Crippen LogP) is 13.5. The molecule has 0 aliphatic carbocycles. The van der Waals surface area contributed by atoms with Crippen molar-refractivity contribution in [1.82, 2.24) is 0 Å². The summed E-state index contributed by atoms with van der Waals surface area (Å²) in [7, 11) is 0. The van der Waals surface area contributed by atoms with Crippen LogP contribution in [0.1, 0.15) is 0 Å². The summed E-state index contributed by atoms with van der Waals surface area (Å²) >= 11 is 0. The van der Waals surface area contributed by atoms with Crippen LogP contribution in [0, 0.1) is 0 Å². The molecule has 8 aromatic carbocycles. The minimum Gasteiger partial charge on any atom is -0.460 e. The number of hydrogen-bond donors (Lipinski definition) is 0. The molecular formula is C46H26O3. The van der Waals surface area contributed by atoms with Crippen molar-refractivity contribution >= 4 is 76.4 Å². The number of furan rings is 3. The summed E-state index contributed by atoms with van der Waals surface area (Å²) in [6.07, 6.45) is 1.84. The van der Waals surface area contributed by atoms with Gasteiger partial charge in [-0.2, -0.15) is 0 Å². The average molecular weight is 627 g/mol. The van der Waals surface area contributed by atoms with Gasteiger partial charge in [0.15, 0.2) is 11.2 Å². The number of rotatable bonds is 3. The zero-order valence-corrected chi connectivity index (χ0v) is 26.2. The molecule has 49 heavy (non-hydrogen) atoms. The van der Waals surface area contributed by atoms with E-state index in [1.54, 1.807) is 0 Å². The Balaban J connectivity index is 1.22. The summed E-state index contributed by atoms with van der Waals surface area (Å²) in [5.74, 6) is 0. The summed E-state index contributed by atoms with van der Waals surface area (Å²) in [4.78, 5) is 0. The summed E-state index contributed by atoms with van der Waals surface area (Å²) in [5.41, 5.74) is 10.8. The van der Waals surface area contributed by atoms with Crippen LogP contribution in [0.2, 0.25) is 0 Å². The number of para-hydroxylation sites is 3. The highest BCUT2D eigenvalue weighted by Gasteiger charge is 2.23. The second-order valence-corrected chi connectivity index (χ2v) is 12.7. The van der Waals surface area contributed by atoms with Crippen LogP contribution < -0.4 is 0 Å². The van der Waals surface area contributed by atoms with E-state index in [2.05, 4.69) is 133 Å². The van der Waals surface area contributed by atoms with Crippen LogP contribution in [0.4, 0.5) is 0 Å². The van der Waals surface area contributed by atoms with Crippen LogP contribution in [0.25, 0.3) is 110 Å². The van der Waals surface area contributed by atoms with Crippen molar-refractivity contribution in [2.45, 2.75) is 0 Å². The van der Waals surface area contributed by atoms with Crippen LogP contribution in [-0.4, -0.2) is 0 Å². The molecule has 228 valence electrons. The Morgan fingerprint density at radius 3 is 1.43 bits per heavy atom. The first-order valence-electron chi connectivity index (χ1n) is 16.6. The third-order valence-electron chi connectivity index (χ3n) is 10.2. The molecule has 0 unspecified atom stereocenters. The lowest BCUT2D eigenvalue weighted by Crippen LogP contribution is -1.91. The van der Waals surface area contributed by atoms with Gasteiger partial charge in [0.25, 0.3) is 0 Å². The second kappa shape index (κ2) is 9.96. The van der Waals surface area contributed by atoms with E-state index in [-0.39, 0.29) is 0 Å². The van der Waals surface area contributed by atoms with Gasteiger partial charge in [0.1, 0.15) is 16.7 Å². The maximum atomic E-state index is 6.90. The first-order valence-corrected chi connectivity index (χ1v) is 16.6. The fraction of sp³-hybridized carbons (Fsp3) is 0. The number of benzene rings is 8. The van der Waals surface area contributed by atoms with Gasteiger partial charge in [0.2, 0.25) is 0 Å². The third-order valence-corrected chi connectivity index (χ3v) is 10.2. The lowest BCUT2D eigenvalue weighted by atomic mass is 9.85. The first-order chi connectivity index (χ1) is 24.3. The SMILES string of the molecule is c1ccc(-c2coc3c2ccc2c4cccc(-c5c6ccccc6c(-c6cccc7c6oc6ccccc67)c6ccccc56)c4oc23)cc1. The molecule has 0 saturated heterocycles. The Kier molecular flexibility index (Phi) is 5.38. The Morgan fingerprint density at radius 1 is 0.286 bits per heavy atom. The fourth-order valence-electron chi connectivity index (χ4n) is 8.04. The maximum Gasteiger partial charge on any atom is 0.178 e. The van der Waals surface area contributed by atoms with Crippen molar-refractivity contribution in [2.75, 3.05) is 0 Å². The fourth-order valence-corrected chi connectivity index (χ4v) is 8.04. The summed E-state index contributed by atoms with van der Waals surface area (Å²) in [6, 6.07) is 53.4. The van der Waals surface area contributed by atoms with Gasteiger partial charge in [-0.25, -0.2) is 0 Å². The predicted molar refractivity (Wildman–Crippen MR) is 202 cm³/mol. The molecule has 0 bridgehead atoms. The molecular weight excluding hydrogens is 601 g/mol. The zero-order chi connectivity index (χ0) is 32.1. The highest BCUT2D eigenvalue weighted by atomic mass is 16.4. The second-order valence-electron chi connectivity index (χ2n) is 12.7. The Morgan fingerprint density at radius 2 is 0.776 bits per heavy atom. The molecule has 11 aromatic rings. The van der Waals surface area contributed by atoms with Crippen molar-refractivity contribution in [3.05, 3.63) is 158 Å². The average Bonchev–Trinajstić information content (AvgIpc) is 3.88. The van der Waals surface area contributed by atoms with E-state index in [0.717, 1.165) is 104 Å². The molecule has 3 heteroatoms. The Hall–Kier alpha value is -6.58. The Bertz CT molecular complexity index is 3040. The van der Waals surface area contributed by atoms with Crippen LogP contribution in [0.5, 0.6) is 0 Å². The van der Waals surface area contributed by atoms with Crippen LogP contribution in [0.15, 0.2) is 171 Å². The first kappa shape index (κ1) is 26.5. The molecule has 0 saturated carbocycles. The van der Waals surface area contributed by atoms with E-state index in [0.29, 0.717) is 0 Å². The summed E-state index contributed by atoms with van der Waals surface area (Å²) in [5, 5.41) is 10.0. The molecule has 0 atom stereocenters. The normalized spacial score (nSPS) is 12.1. The molecule has 11 rings (SSSR count). The molecule has 3 nitrogen and oxygen atoms in total. The van der Waals surface area contributed by atoms with Crippen molar-refractivity contribution in [3.8, 4) is 33.4 Å². The van der Waals surface area contributed by atoms with Crippen molar-refractivity contribution in [1.29, 1.82) is 0 Å². The minimum atomic E-state index is 0.766. The molecule has 0 aliphatic rings. The van der Waals surface area contributed by atoms with Gasteiger partial charge in [-0.15, -0.1) is 0 Å². The van der Waals surface area contributed by atoms with E-state index < -0.39 is 0 Å². The van der Waals surface area contributed by atoms with Crippen LogP contribution >= 0.6 is 0 Å². The molecule has 0 amide bonds. The largest absolute Gasteiger partial charge is 0.460 e. The van der Waals surface area contributed by atoms with Gasteiger partial charge in [-0.1, -0.05) is 133 Å². The van der Waals surface area contributed by atoms with E-state index in [9.17, 15) is 0 Å². The third kappa shape index (κ3) is 3.67. The maximum absolute atomic E-state index is 6.90.